The van der Waals surface area contributed by atoms with Crippen molar-refractivity contribution in [1.29, 1.82) is 0 Å². The van der Waals surface area contributed by atoms with Crippen molar-refractivity contribution in [1.82, 2.24) is 9.80 Å². The Morgan fingerprint density at radius 2 is 2.00 bits per heavy atom. The van der Waals surface area contributed by atoms with Crippen LogP contribution in [0.2, 0.25) is 0 Å². The molecule has 0 aromatic heterocycles. The average molecular weight is 182 g/mol. The van der Waals surface area contributed by atoms with Gasteiger partial charge in [-0.05, 0) is 45.8 Å². The van der Waals surface area contributed by atoms with Gasteiger partial charge in [0.1, 0.15) is 0 Å². The second kappa shape index (κ2) is 5.28. The summed E-state index contributed by atoms with van der Waals surface area (Å²) < 4.78 is 0. The van der Waals surface area contributed by atoms with Crippen LogP contribution in [-0.2, 0) is 0 Å². The number of hydrogen-bond acceptors (Lipinski definition) is 2. The molecule has 1 rings (SSSR count). The Balaban J connectivity index is 2.02. The lowest BCUT2D eigenvalue weighted by Gasteiger charge is -2.21. The zero-order valence-electron chi connectivity index (χ0n) is 9.05. The fourth-order valence-electron chi connectivity index (χ4n) is 1.73. The van der Waals surface area contributed by atoms with Gasteiger partial charge in [0.25, 0.3) is 0 Å². The van der Waals surface area contributed by atoms with Crippen LogP contribution in [0.5, 0.6) is 0 Å². The van der Waals surface area contributed by atoms with Crippen molar-refractivity contribution in [3.8, 4) is 0 Å². The SMILES string of the molecule is C=C(C)N(C)CCCN1CCCC1. The van der Waals surface area contributed by atoms with Crippen LogP contribution in [0.15, 0.2) is 12.3 Å². The summed E-state index contributed by atoms with van der Waals surface area (Å²) in [5.41, 5.74) is 1.17. The molecule has 1 aliphatic rings. The number of allylic oxidation sites excluding steroid dienone is 1. The van der Waals surface area contributed by atoms with E-state index in [2.05, 4.69) is 30.4 Å². The van der Waals surface area contributed by atoms with Gasteiger partial charge < -0.3 is 9.80 Å². The topological polar surface area (TPSA) is 6.48 Å². The van der Waals surface area contributed by atoms with Crippen LogP contribution in [0.1, 0.15) is 26.2 Å². The Morgan fingerprint density at radius 3 is 2.54 bits per heavy atom. The van der Waals surface area contributed by atoms with Crippen LogP contribution in [0.25, 0.3) is 0 Å². The Hall–Kier alpha value is -0.500. The summed E-state index contributed by atoms with van der Waals surface area (Å²) in [5, 5.41) is 0. The van der Waals surface area contributed by atoms with Gasteiger partial charge in [-0.3, -0.25) is 0 Å². The normalized spacial score (nSPS) is 17.7. The van der Waals surface area contributed by atoms with Gasteiger partial charge in [0.15, 0.2) is 0 Å². The molecule has 1 saturated heterocycles. The Labute approximate surface area is 82.2 Å². The molecule has 0 atom stereocenters. The van der Waals surface area contributed by atoms with Crippen LogP contribution in [0.4, 0.5) is 0 Å². The van der Waals surface area contributed by atoms with E-state index in [0.29, 0.717) is 0 Å². The first-order valence-corrected chi connectivity index (χ1v) is 5.29. The smallest absolute Gasteiger partial charge is 0.0183 e. The molecule has 0 saturated carbocycles. The molecule has 0 radical (unpaired) electrons. The second-order valence-corrected chi connectivity index (χ2v) is 4.06. The third-order valence-corrected chi connectivity index (χ3v) is 2.82. The lowest BCUT2D eigenvalue weighted by Crippen LogP contribution is -2.25. The molecule has 13 heavy (non-hydrogen) atoms. The van der Waals surface area contributed by atoms with Crippen molar-refractivity contribution in [3.63, 3.8) is 0 Å². The first-order chi connectivity index (χ1) is 6.20. The maximum absolute atomic E-state index is 3.92. The third kappa shape index (κ3) is 3.81. The molecule has 2 heteroatoms. The monoisotopic (exact) mass is 182 g/mol. The van der Waals surface area contributed by atoms with E-state index in [4.69, 9.17) is 0 Å². The zero-order valence-corrected chi connectivity index (χ0v) is 9.05. The highest BCUT2D eigenvalue weighted by Crippen LogP contribution is 2.08. The fraction of sp³-hybridized carbons (Fsp3) is 0.818. The highest BCUT2D eigenvalue weighted by molar-refractivity contribution is 4.85. The lowest BCUT2D eigenvalue weighted by atomic mass is 10.3. The molecule has 0 amide bonds. The summed E-state index contributed by atoms with van der Waals surface area (Å²) in [6.07, 6.45) is 4.07. The van der Waals surface area contributed by atoms with Gasteiger partial charge in [-0.1, -0.05) is 6.58 Å². The van der Waals surface area contributed by atoms with Crippen molar-refractivity contribution >= 4 is 0 Å². The number of hydrogen-bond donors (Lipinski definition) is 0. The average Bonchev–Trinajstić information content (AvgIpc) is 2.56. The molecule has 1 heterocycles. The van der Waals surface area contributed by atoms with E-state index in [0.717, 1.165) is 6.54 Å². The fourth-order valence-corrected chi connectivity index (χ4v) is 1.73. The van der Waals surface area contributed by atoms with Crippen LogP contribution < -0.4 is 0 Å². The molecule has 1 fully saturated rings. The first-order valence-electron chi connectivity index (χ1n) is 5.29. The molecule has 0 aliphatic carbocycles. The highest BCUT2D eigenvalue weighted by atomic mass is 15.1. The first kappa shape index (κ1) is 10.6. The van der Waals surface area contributed by atoms with Crippen LogP contribution in [0.3, 0.4) is 0 Å². The molecule has 2 nitrogen and oxygen atoms in total. The van der Waals surface area contributed by atoms with E-state index < -0.39 is 0 Å². The van der Waals surface area contributed by atoms with Gasteiger partial charge in [0.2, 0.25) is 0 Å². The quantitative estimate of drug-likeness (QED) is 0.641. The van der Waals surface area contributed by atoms with E-state index in [1.54, 1.807) is 0 Å². The largest absolute Gasteiger partial charge is 0.379 e. The Morgan fingerprint density at radius 1 is 1.38 bits per heavy atom. The van der Waals surface area contributed by atoms with Gasteiger partial charge in [-0.2, -0.15) is 0 Å². The summed E-state index contributed by atoms with van der Waals surface area (Å²) in [6, 6.07) is 0. The van der Waals surface area contributed by atoms with Gasteiger partial charge >= 0.3 is 0 Å². The minimum absolute atomic E-state index is 1.14. The van der Waals surface area contributed by atoms with Crippen LogP contribution in [0, 0.1) is 0 Å². The van der Waals surface area contributed by atoms with E-state index in [9.17, 15) is 0 Å². The predicted octanol–water partition coefficient (Wildman–Crippen LogP) is 1.94. The van der Waals surface area contributed by atoms with Gasteiger partial charge in [-0.25, -0.2) is 0 Å². The molecule has 76 valence electrons. The van der Waals surface area contributed by atoms with Crippen molar-refractivity contribution in [3.05, 3.63) is 12.3 Å². The van der Waals surface area contributed by atoms with Gasteiger partial charge in [-0.15, -0.1) is 0 Å². The summed E-state index contributed by atoms with van der Waals surface area (Å²) in [5.74, 6) is 0. The molecular formula is C11H22N2. The maximum atomic E-state index is 3.92. The van der Waals surface area contributed by atoms with Crippen molar-refractivity contribution in [2.45, 2.75) is 26.2 Å². The summed E-state index contributed by atoms with van der Waals surface area (Å²) in [6.45, 7) is 11.0. The van der Waals surface area contributed by atoms with Gasteiger partial charge in [0.05, 0.1) is 0 Å². The maximum Gasteiger partial charge on any atom is 0.0183 e. The van der Waals surface area contributed by atoms with Crippen molar-refractivity contribution in [2.75, 3.05) is 33.2 Å². The molecule has 0 unspecified atom stereocenters. The summed E-state index contributed by atoms with van der Waals surface area (Å²) >= 11 is 0. The Bertz CT molecular complexity index is 159. The van der Waals surface area contributed by atoms with Crippen LogP contribution >= 0.6 is 0 Å². The zero-order chi connectivity index (χ0) is 9.68. The van der Waals surface area contributed by atoms with E-state index in [1.165, 1.54) is 44.6 Å². The summed E-state index contributed by atoms with van der Waals surface area (Å²) in [4.78, 5) is 4.79. The highest BCUT2D eigenvalue weighted by Gasteiger charge is 2.10. The van der Waals surface area contributed by atoms with E-state index in [-0.39, 0.29) is 0 Å². The number of rotatable bonds is 5. The molecule has 0 bridgehead atoms. The minimum atomic E-state index is 1.14. The molecule has 0 aromatic rings. The second-order valence-electron chi connectivity index (χ2n) is 4.06. The van der Waals surface area contributed by atoms with Crippen LogP contribution in [-0.4, -0.2) is 43.0 Å². The van der Waals surface area contributed by atoms with Crippen molar-refractivity contribution in [2.24, 2.45) is 0 Å². The number of likely N-dealkylation sites (tertiary alicyclic amines) is 1. The third-order valence-electron chi connectivity index (χ3n) is 2.82. The molecule has 0 spiro atoms. The van der Waals surface area contributed by atoms with Crippen molar-refractivity contribution < 1.29 is 0 Å². The lowest BCUT2D eigenvalue weighted by molar-refractivity contribution is 0.306. The Kier molecular flexibility index (Phi) is 4.29. The summed E-state index contributed by atoms with van der Waals surface area (Å²) in [7, 11) is 2.12. The number of nitrogens with zero attached hydrogens (tertiary/aromatic N) is 2. The molecule has 1 aliphatic heterocycles. The van der Waals surface area contributed by atoms with E-state index in [1.807, 2.05) is 0 Å². The predicted molar refractivity (Wildman–Crippen MR) is 57.7 cm³/mol. The van der Waals surface area contributed by atoms with E-state index >= 15 is 0 Å². The standard InChI is InChI=1S/C11H22N2/c1-11(2)12(3)7-6-10-13-8-4-5-9-13/h1,4-10H2,2-3H3. The molecule has 0 aromatic carbocycles. The molecule has 0 N–H and O–H groups in total. The van der Waals surface area contributed by atoms with Gasteiger partial charge in [0, 0.05) is 19.3 Å². The molecular weight excluding hydrogens is 160 g/mol. The minimum Gasteiger partial charge on any atom is -0.379 e.